The molecule has 8 nitrogen and oxygen atoms in total. The van der Waals surface area contributed by atoms with E-state index < -0.39 is 18.6 Å². The summed E-state index contributed by atoms with van der Waals surface area (Å²) in [6, 6.07) is 6.72. The Labute approximate surface area is 138 Å². The Morgan fingerprint density at radius 2 is 1.96 bits per heavy atom. The van der Waals surface area contributed by atoms with Gasteiger partial charge in [0.1, 0.15) is 0 Å². The van der Waals surface area contributed by atoms with Gasteiger partial charge in [-0.05, 0) is 6.92 Å². The number of Topliss-reactive ketones (excluding diaryl/α,β-unsaturated/α-hetero) is 1. The average Bonchev–Trinajstić information content (AvgIpc) is 2.59. The smallest absolute Gasteiger partial charge is 0.273 e. The number of amides is 1. The zero-order valence-corrected chi connectivity index (χ0v) is 13.1. The molecular weight excluding hydrogens is 312 g/mol. The molecule has 0 saturated carbocycles. The van der Waals surface area contributed by atoms with E-state index in [9.17, 15) is 14.7 Å². The Balaban J connectivity index is 2.24. The van der Waals surface area contributed by atoms with Gasteiger partial charge in [-0.1, -0.05) is 24.3 Å². The van der Waals surface area contributed by atoms with E-state index >= 15 is 0 Å². The average molecular weight is 330 g/mol. The monoisotopic (exact) mass is 330 g/mol. The second-order valence-electron chi connectivity index (χ2n) is 5.17. The fraction of sp³-hybridized carbons (Fsp3) is 0.250. The van der Waals surface area contributed by atoms with Crippen LogP contribution in [-0.4, -0.2) is 51.1 Å². The van der Waals surface area contributed by atoms with Gasteiger partial charge in [0, 0.05) is 17.7 Å². The molecule has 0 fully saturated rings. The number of carbonyl (C=O) groups is 2. The molecule has 0 spiro atoms. The Morgan fingerprint density at radius 3 is 2.54 bits per heavy atom. The highest BCUT2D eigenvalue weighted by Crippen LogP contribution is 2.19. The number of carbonyl (C=O) groups excluding carboxylic acids is 2. The van der Waals surface area contributed by atoms with Crippen molar-refractivity contribution in [2.24, 2.45) is 0 Å². The van der Waals surface area contributed by atoms with E-state index in [1.807, 2.05) is 0 Å². The maximum absolute atomic E-state index is 12.1. The molecule has 1 aromatic heterocycles. The Kier molecular flexibility index (Phi) is 5.56. The van der Waals surface area contributed by atoms with Crippen molar-refractivity contribution in [1.29, 1.82) is 0 Å². The van der Waals surface area contributed by atoms with Crippen LogP contribution in [0.4, 0.5) is 5.82 Å². The Morgan fingerprint density at radius 1 is 1.29 bits per heavy atom. The first kappa shape index (κ1) is 17.5. The van der Waals surface area contributed by atoms with E-state index in [4.69, 9.17) is 10.8 Å². The lowest BCUT2D eigenvalue weighted by Gasteiger charge is -2.10. The summed E-state index contributed by atoms with van der Waals surface area (Å²) < 4.78 is 0. The summed E-state index contributed by atoms with van der Waals surface area (Å²) in [4.78, 5) is 31.5. The number of aromatic nitrogens is 2. The molecule has 1 aromatic carbocycles. The third kappa shape index (κ3) is 4.12. The van der Waals surface area contributed by atoms with E-state index in [1.54, 1.807) is 24.3 Å². The second-order valence-corrected chi connectivity index (χ2v) is 5.17. The van der Waals surface area contributed by atoms with Crippen LogP contribution in [0.2, 0.25) is 0 Å². The highest BCUT2D eigenvalue weighted by molar-refractivity contribution is 5.97. The van der Waals surface area contributed by atoms with Crippen LogP contribution in [0.1, 0.15) is 27.8 Å². The molecule has 0 radical (unpaired) electrons. The lowest BCUT2D eigenvalue weighted by molar-refractivity contribution is 0.0799. The Bertz CT molecular complexity index is 746. The molecule has 2 rings (SSSR count). The summed E-state index contributed by atoms with van der Waals surface area (Å²) >= 11 is 0. The summed E-state index contributed by atoms with van der Waals surface area (Å²) in [5.41, 5.74) is 7.27. The molecule has 1 amide bonds. The molecule has 0 unspecified atom stereocenters. The molecule has 126 valence electrons. The van der Waals surface area contributed by atoms with Gasteiger partial charge in [-0.25, -0.2) is 9.97 Å². The minimum Gasteiger partial charge on any atom is -0.394 e. The Hall–Kier alpha value is -2.84. The van der Waals surface area contributed by atoms with Gasteiger partial charge in [0.15, 0.2) is 17.3 Å². The van der Waals surface area contributed by atoms with Gasteiger partial charge in [-0.2, -0.15) is 0 Å². The highest BCUT2D eigenvalue weighted by atomic mass is 16.3. The van der Waals surface area contributed by atoms with Gasteiger partial charge in [0.2, 0.25) is 0 Å². The summed E-state index contributed by atoms with van der Waals surface area (Å²) in [6.45, 7) is 0.874. The first-order valence-electron chi connectivity index (χ1n) is 7.23. The van der Waals surface area contributed by atoms with Crippen molar-refractivity contribution in [3.63, 3.8) is 0 Å². The molecule has 24 heavy (non-hydrogen) atoms. The van der Waals surface area contributed by atoms with Crippen molar-refractivity contribution in [2.75, 3.05) is 18.9 Å². The van der Waals surface area contributed by atoms with Crippen LogP contribution in [0.5, 0.6) is 0 Å². The fourth-order valence-corrected chi connectivity index (χ4v) is 1.94. The van der Waals surface area contributed by atoms with Gasteiger partial charge in [-0.3, -0.25) is 9.59 Å². The number of aliphatic hydroxyl groups is 2. The van der Waals surface area contributed by atoms with Crippen molar-refractivity contribution in [3.8, 4) is 11.3 Å². The number of nitrogens with one attached hydrogen (secondary N) is 1. The summed E-state index contributed by atoms with van der Waals surface area (Å²) in [7, 11) is 0. The van der Waals surface area contributed by atoms with Gasteiger partial charge in [0.25, 0.3) is 5.91 Å². The molecule has 1 heterocycles. The maximum Gasteiger partial charge on any atom is 0.273 e. The quantitative estimate of drug-likeness (QED) is 0.547. The van der Waals surface area contributed by atoms with Crippen LogP contribution in [0.3, 0.4) is 0 Å². The van der Waals surface area contributed by atoms with Crippen LogP contribution in [0.25, 0.3) is 11.3 Å². The third-order valence-electron chi connectivity index (χ3n) is 3.31. The predicted octanol–water partition coefficient (Wildman–Crippen LogP) is 0.0114. The normalized spacial score (nSPS) is 11.8. The minimum atomic E-state index is -1.06. The predicted molar refractivity (Wildman–Crippen MR) is 87.3 cm³/mol. The lowest BCUT2D eigenvalue weighted by atomic mass is 10.1. The number of hydrogen-bond acceptors (Lipinski definition) is 7. The number of benzene rings is 1. The number of nitrogens with zero attached hydrogens (tertiary/aromatic N) is 2. The summed E-state index contributed by atoms with van der Waals surface area (Å²) in [5, 5.41) is 20.4. The molecule has 0 saturated heterocycles. The standard InChI is InChI=1S/C16H18N4O4/c1-9(22)10-2-4-11(5-3-10)13-7-18-15(17)14(20-13)16(24)19-6-12(23)8-21/h2-5,7,12,21,23H,6,8H2,1H3,(H2,17,18)(H,19,24)/t12-/m1/s1. The molecule has 0 bridgehead atoms. The zero-order chi connectivity index (χ0) is 17.7. The van der Waals surface area contributed by atoms with E-state index in [0.717, 1.165) is 0 Å². The van der Waals surface area contributed by atoms with E-state index in [0.29, 0.717) is 16.8 Å². The maximum atomic E-state index is 12.1. The number of hydrogen-bond donors (Lipinski definition) is 4. The van der Waals surface area contributed by atoms with Crippen LogP contribution in [0, 0.1) is 0 Å². The van der Waals surface area contributed by atoms with Crippen LogP contribution >= 0.6 is 0 Å². The summed E-state index contributed by atoms with van der Waals surface area (Å²) in [5.74, 6) is -0.697. The second kappa shape index (κ2) is 7.62. The van der Waals surface area contributed by atoms with Gasteiger partial charge >= 0.3 is 0 Å². The molecule has 2 aromatic rings. The molecule has 0 aliphatic carbocycles. The first-order chi connectivity index (χ1) is 11.4. The SMILES string of the molecule is CC(=O)c1ccc(-c2cnc(N)c(C(=O)NC[C@@H](O)CO)n2)cc1. The molecular formula is C16H18N4O4. The minimum absolute atomic E-state index is 0.0462. The number of aliphatic hydroxyl groups excluding tert-OH is 2. The molecule has 5 N–H and O–H groups in total. The van der Waals surface area contributed by atoms with Crippen molar-refractivity contribution in [1.82, 2.24) is 15.3 Å². The molecule has 1 atom stereocenters. The molecule has 0 aliphatic rings. The third-order valence-corrected chi connectivity index (χ3v) is 3.31. The van der Waals surface area contributed by atoms with Crippen molar-refractivity contribution in [2.45, 2.75) is 13.0 Å². The highest BCUT2D eigenvalue weighted by Gasteiger charge is 2.15. The van der Waals surface area contributed by atoms with E-state index in [2.05, 4.69) is 15.3 Å². The first-order valence-corrected chi connectivity index (χ1v) is 7.23. The van der Waals surface area contributed by atoms with Crippen molar-refractivity contribution >= 4 is 17.5 Å². The summed E-state index contributed by atoms with van der Waals surface area (Å²) in [6.07, 6.45) is 0.364. The van der Waals surface area contributed by atoms with Crippen LogP contribution in [0.15, 0.2) is 30.5 Å². The van der Waals surface area contributed by atoms with Gasteiger partial charge < -0.3 is 21.3 Å². The van der Waals surface area contributed by atoms with E-state index in [-0.39, 0.29) is 23.8 Å². The number of ketones is 1. The van der Waals surface area contributed by atoms with Crippen molar-refractivity contribution in [3.05, 3.63) is 41.7 Å². The number of anilines is 1. The topological polar surface area (TPSA) is 138 Å². The molecule has 8 heteroatoms. The fourth-order valence-electron chi connectivity index (χ4n) is 1.94. The lowest BCUT2D eigenvalue weighted by Crippen LogP contribution is -2.34. The zero-order valence-electron chi connectivity index (χ0n) is 13.1. The van der Waals surface area contributed by atoms with Crippen LogP contribution in [-0.2, 0) is 0 Å². The molecule has 0 aliphatic heterocycles. The van der Waals surface area contributed by atoms with Gasteiger partial charge in [0.05, 0.1) is 24.6 Å². The van der Waals surface area contributed by atoms with Gasteiger partial charge in [-0.15, -0.1) is 0 Å². The van der Waals surface area contributed by atoms with Crippen molar-refractivity contribution < 1.29 is 19.8 Å². The largest absolute Gasteiger partial charge is 0.394 e. The number of nitrogen functional groups attached to an aromatic ring is 1. The number of nitrogens with two attached hydrogens (primary N) is 1. The van der Waals surface area contributed by atoms with E-state index in [1.165, 1.54) is 13.1 Å². The van der Waals surface area contributed by atoms with Crippen LogP contribution < -0.4 is 11.1 Å². The number of rotatable bonds is 6.